The molecule has 0 atom stereocenters. The maximum atomic E-state index is 11.3. The van der Waals surface area contributed by atoms with Crippen molar-refractivity contribution in [1.29, 1.82) is 0 Å². The third kappa shape index (κ3) is 6.87. The Morgan fingerprint density at radius 2 is 1.87 bits per heavy atom. The highest BCUT2D eigenvalue weighted by molar-refractivity contribution is 5.78. The summed E-state index contributed by atoms with van der Waals surface area (Å²) < 4.78 is 4.84. The van der Waals surface area contributed by atoms with E-state index in [0.717, 1.165) is 0 Å². The summed E-state index contributed by atoms with van der Waals surface area (Å²) in [5.74, 6) is -1.06. The molecule has 0 rings (SSSR count). The predicted octanol–water partition coefficient (Wildman–Crippen LogP) is -0.892. The molecular formula is C9H18N2O4. The first-order valence-corrected chi connectivity index (χ1v) is 4.60. The van der Waals surface area contributed by atoms with Crippen molar-refractivity contribution in [3.63, 3.8) is 0 Å². The summed E-state index contributed by atoms with van der Waals surface area (Å²) in [4.78, 5) is 24.8. The van der Waals surface area contributed by atoms with Gasteiger partial charge in [0, 0.05) is 27.7 Å². The zero-order valence-electron chi connectivity index (χ0n) is 9.39. The van der Waals surface area contributed by atoms with E-state index >= 15 is 0 Å². The summed E-state index contributed by atoms with van der Waals surface area (Å²) in [5.41, 5.74) is 0. The van der Waals surface area contributed by atoms with Crippen molar-refractivity contribution in [1.82, 2.24) is 9.80 Å². The van der Waals surface area contributed by atoms with Gasteiger partial charge in [0.05, 0.1) is 19.7 Å². The van der Waals surface area contributed by atoms with Gasteiger partial charge < -0.3 is 14.7 Å². The van der Waals surface area contributed by atoms with Crippen molar-refractivity contribution in [2.75, 3.05) is 47.4 Å². The molecule has 0 heterocycles. The molecule has 0 fully saturated rings. The lowest BCUT2D eigenvalue weighted by molar-refractivity contribution is -0.139. The topological polar surface area (TPSA) is 70.1 Å². The van der Waals surface area contributed by atoms with Crippen LogP contribution in [0.3, 0.4) is 0 Å². The average Bonchev–Trinajstić information content (AvgIpc) is 2.13. The summed E-state index contributed by atoms with van der Waals surface area (Å²) in [6.07, 6.45) is 0. The van der Waals surface area contributed by atoms with E-state index in [9.17, 15) is 9.59 Å². The Balaban J connectivity index is 4.10. The van der Waals surface area contributed by atoms with Crippen LogP contribution in [0.1, 0.15) is 0 Å². The second-order valence-corrected chi connectivity index (χ2v) is 3.39. The third-order valence-corrected chi connectivity index (χ3v) is 1.83. The molecule has 0 saturated carbocycles. The summed E-state index contributed by atoms with van der Waals surface area (Å²) in [6, 6.07) is 0. The zero-order chi connectivity index (χ0) is 11.8. The molecule has 0 unspecified atom stereocenters. The van der Waals surface area contributed by atoms with Crippen LogP contribution in [0.15, 0.2) is 0 Å². The molecule has 0 saturated heterocycles. The Hall–Kier alpha value is -1.14. The summed E-state index contributed by atoms with van der Waals surface area (Å²) >= 11 is 0. The van der Waals surface area contributed by atoms with E-state index in [-0.39, 0.29) is 19.0 Å². The maximum absolute atomic E-state index is 11.3. The van der Waals surface area contributed by atoms with Crippen molar-refractivity contribution in [2.45, 2.75) is 0 Å². The van der Waals surface area contributed by atoms with E-state index < -0.39 is 5.97 Å². The van der Waals surface area contributed by atoms with Gasteiger partial charge in [-0.25, -0.2) is 0 Å². The van der Waals surface area contributed by atoms with Gasteiger partial charge in [0.1, 0.15) is 0 Å². The van der Waals surface area contributed by atoms with Gasteiger partial charge in [0.15, 0.2) is 0 Å². The highest BCUT2D eigenvalue weighted by atomic mass is 16.5. The van der Waals surface area contributed by atoms with Gasteiger partial charge >= 0.3 is 5.97 Å². The molecule has 1 amide bonds. The number of carbonyl (C=O) groups is 2. The fourth-order valence-electron chi connectivity index (χ4n) is 0.958. The normalized spacial score (nSPS) is 10.4. The van der Waals surface area contributed by atoms with Crippen molar-refractivity contribution >= 4 is 11.9 Å². The van der Waals surface area contributed by atoms with Crippen molar-refractivity contribution in [3.8, 4) is 0 Å². The van der Waals surface area contributed by atoms with Crippen molar-refractivity contribution in [3.05, 3.63) is 0 Å². The molecule has 0 aliphatic carbocycles. The van der Waals surface area contributed by atoms with Gasteiger partial charge in [-0.3, -0.25) is 14.5 Å². The number of amides is 1. The van der Waals surface area contributed by atoms with Gasteiger partial charge in [-0.1, -0.05) is 0 Å². The Morgan fingerprint density at radius 1 is 1.27 bits per heavy atom. The van der Waals surface area contributed by atoms with Crippen LogP contribution < -0.4 is 0 Å². The van der Waals surface area contributed by atoms with Crippen molar-refractivity contribution in [2.24, 2.45) is 0 Å². The summed E-state index contributed by atoms with van der Waals surface area (Å²) in [7, 11) is 4.81. The lowest BCUT2D eigenvalue weighted by Crippen LogP contribution is -2.40. The number of aliphatic carboxylic acids is 1. The SMILES string of the molecule is COCCN(CC(=O)O)CC(=O)N(C)C. The molecule has 0 bridgehead atoms. The number of carboxylic acids is 1. The highest BCUT2D eigenvalue weighted by Gasteiger charge is 2.14. The lowest BCUT2D eigenvalue weighted by atomic mass is 10.4. The zero-order valence-corrected chi connectivity index (χ0v) is 9.39. The van der Waals surface area contributed by atoms with Crippen LogP contribution in [0.5, 0.6) is 0 Å². The molecule has 88 valence electrons. The van der Waals surface area contributed by atoms with Crippen LogP contribution in [0.2, 0.25) is 0 Å². The fourth-order valence-corrected chi connectivity index (χ4v) is 0.958. The molecule has 6 heteroatoms. The number of ether oxygens (including phenoxy) is 1. The number of nitrogens with zero attached hydrogens (tertiary/aromatic N) is 2. The monoisotopic (exact) mass is 218 g/mol. The Labute approximate surface area is 89.4 Å². The van der Waals surface area contributed by atoms with E-state index in [0.29, 0.717) is 13.2 Å². The Bertz CT molecular complexity index is 218. The van der Waals surface area contributed by atoms with Crippen LogP contribution in [0.4, 0.5) is 0 Å². The maximum Gasteiger partial charge on any atom is 0.317 e. The Morgan fingerprint density at radius 3 is 2.27 bits per heavy atom. The molecule has 0 aliphatic heterocycles. The molecular weight excluding hydrogens is 200 g/mol. The average molecular weight is 218 g/mol. The lowest BCUT2D eigenvalue weighted by Gasteiger charge is -2.21. The third-order valence-electron chi connectivity index (χ3n) is 1.83. The highest BCUT2D eigenvalue weighted by Crippen LogP contribution is 1.91. The predicted molar refractivity (Wildman–Crippen MR) is 54.6 cm³/mol. The van der Waals surface area contributed by atoms with Crippen LogP contribution >= 0.6 is 0 Å². The first-order chi connectivity index (χ1) is 6.97. The molecule has 0 aromatic heterocycles. The minimum atomic E-state index is -0.947. The minimum absolute atomic E-state index is 0.0999. The molecule has 0 aromatic carbocycles. The van der Waals surface area contributed by atoms with E-state index in [1.165, 1.54) is 16.9 Å². The number of methoxy groups -OCH3 is 1. The number of hydrogen-bond acceptors (Lipinski definition) is 4. The summed E-state index contributed by atoms with van der Waals surface area (Å²) in [5, 5.41) is 8.63. The fraction of sp³-hybridized carbons (Fsp3) is 0.778. The molecule has 0 spiro atoms. The molecule has 0 radical (unpaired) electrons. The molecule has 1 N–H and O–H groups in total. The number of hydrogen-bond donors (Lipinski definition) is 1. The second kappa shape index (κ2) is 7.19. The molecule has 0 aliphatic rings. The van der Waals surface area contributed by atoms with E-state index in [1.807, 2.05) is 0 Å². The van der Waals surface area contributed by atoms with Crippen LogP contribution in [0, 0.1) is 0 Å². The number of carbonyl (C=O) groups excluding carboxylic acids is 1. The van der Waals surface area contributed by atoms with E-state index in [1.54, 1.807) is 14.1 Å². The van der Waals surface area contributed by atoms with Gasteiger partial charge in [-0.05, 0) is 0 Å². The van der Waals surface area contributed by atoms with Crippen LogP contribution in [-0.2, 0) is 14.3 Å². The quantitative estimate of drug-likeness (QED) is 0.600. The first-order valence-electron chi connectivity index (χ1n) is 4.60. The first kappa shape index (κ1) is 13.9. The smallest absolute Gasteiger partial charge is 0.317 e. The van der Waals surface area contributed by atoms with Gasteiger partial charge in [-0.15, -0.1) is 0 Å². The standard InChI is InChI=1S/C9H18N2O4/c1-10(2)8(12)6-11(4-5-15-3)7-9(13)14/h4-7H2,1-3H3,(H,13,14). The largest absolute Gasteiger partial charge is 0.480 e. The molecule has 0 aromatic rings. The van der Waals surface area contributed by atoms with Crippen LogP contribution in [0.25, 0.3) is 0 Å². The summed E-state index contributed by atoms with van der Waals surface area (Å²) in [6.45, 7) is 0.794. The van der Waals surface area contributed by atoms with Crippen molar-refractivity contribution < 1.29 is 19.4 Å². The van der Waals surface area contributed by atoms with Gasteiger partial charge in [0.2, 0.25) is 5.91 Å². The minimum Gasteiger partial charge on any atom is -0.480 e. The number of likely N-dealkylation sites (N-methyl/N-ethyl adjacent to an activating group) is 1. The van der Waals surface area contributed by atoms with E-state index in [4.69, 9.17) is 9.84 Å². The molecule has 6 nitrogen and oxygen atoms in total. The number of rotatable bonds is 7. The Kier molecular flexibility index (Phi) is 6.64. The second-order valence-electron chi connectivity index (χ2n) is 3.39. The van der Waals surface area contributed by atoms with E-state index in [2.05, 4.69) is 0 Å². The number of carboxylic acid groups (broad SMARTS) is 1. The van der Waals surface area contributed by atoms with Gasteiger partial charge in [-0.2, -0.15) is 0 Å². The van der Waals surface area contributed by atoms with Crippen LogP contribution in [-0.4, -0.2) is 74.2 Å². The molecule has 15 heavy (non-hydrogen) atoms. The van der Waals surface area contributed by atoms with Gasteiger partial charge in [0.25, 0.3) is 0 Å².